The Morgan fingerprint density at radius 3 is 2.35 bits per heavy atom. The molecule has 0 radical (unpaired) electrons. The van der Waals surface area contributed by atoms with E-state index in [4.69, 9.17) is 0 Å². The van der Waals surface area contributed by atoms with E-state index in [-0.39, 0.29) is 46.1 Å². The first-order valence-electron chi connectivity index (χ1n) is 9.60. The van der Waals surface area contributed by atoms with Gasteiger partial charge in [-0.1, -0.05) is 39.8 Å². The topological polar surface area (TPSA) is 71.4 Å². The van der Waals surface area contributed by atoms with Crippen LogP contribution in [0.5, 0.6) is 0 Å². The minimum Gasteiger partial charge on any atom is -0.510 e. The number of allylic oxidation sites excluding steroid dienone is 3. The summed E-state index contributed by atoms with van der Waals surface area (Å²) < 4.78 is 0. The van der Waals surface area contributed by atoms with E-state index in [0.29, 0.717) is 19.3 Å². The van der Waals surface area contributed by atoms with Crippen LogP contribution in [0.1, 0.15) is 60.8 Å². The SMILES string of the molecule is C=C(C)[C@H]1C[C@]23C(=O)C(C(=O)[C@@H](C)CC)=C(O)[C@](C)(C[C@H]2C1(C)C)C3=O. The van der Waals surface area contributed by atoms with Crippen LogP contribution in [0, 0.1) is 34.0 Å². The number of Topliss-reactive ketones (excluding diaryl/α,β-unsaturated/α-hetero) is 3. The summed E-state index contributed by atoms with van der Waals surface area (Å²) in [4.78, 5) is 39.9. The molecule has 2 saturated carbocycles. The zero-order valence-electron chi connectivity index (χ0n) is 16.7. The summed E-state index contributed by atoms with van der Waals surface area (Å²) >= 11 is 0. The predicted octanol–water partition coefficient (Wildman–Crippen LogP) is 4.20. The Kier molecular flexibility index (Phi) is 3.96. The number of rotatable bonds is 4. The molecule has 4 nitrogen and oxygen atoms in total. The van der Waals surface area contributed by atoms with Crippen molar-refractivity contribution < 1.29 is 19.5 Å². The minimum absolute atomic E-state index is 0.0464. The molecule has 2 fully saturated rings. The fourth-order valence-electron chi connectivity index (χ4n) is 5.92. The third-order valence-corrected chi connectivity index (χ3v) is 7.73. The minimum atomic E-state index is -1.19. The monoisotopic (exact) mass is 358 g/mol. The van der Waals surface area contributed by atoms with E-state index in [1.54, 1.807) is 13.8 Å². The van der Waals surface area contributed by atoms with Crippen LogP contribution < -0.4 is 0 Å². The third kappa shape index (κ3) is 1.93. The van der Waals surface area contributed by atoms with E-state index in [0.717, 1.165) is 5.57 Å². The van der Waals surface area contributed by atoms with Gasteiger partial charge in [0.1, 0.15) is 11.3 Å². The van der Waals surface area contributed by atoms with Gasteiger partial charge in [0.05, 0.1) is 10.8 Å². The van der Waals surface area contributed by atoms with E-state index in [2.05, 4.69) is 20.4 Å². The van der Waals surface area contributed by atoms with Crippen molar-refractivity contribution in [3.8, 4) is 0 Å². The Balaban J connectivity index is 2.23. The Bertz CT molecular complexity index is 771. The van der Waals surface area contributed by atoms with Crippen molar-refractivity contribution in [1.82, 2.24) is 0 Å². The number of hydrogen-bond donors (Lipinski definition) is 1. The maximum Gasteiger partial charge on any atom is 0.183 e. The smallest absolute Gasteiger partial charge is 0.183 e. The Labute approximate surface area is 155 Å². The predicted molar refractivity (Wildman–Crippen MR) is 99.5 cm³/mol. The average Bonchev–Trinajstić information content (AvgIpc) is 2.92. The fourth-order valence-corrected chi connectivity index (χ4v) is 5.92. The van der Waals surface area contributed by atoms with Crippen molar-refractivity contribution in [3.63, 3.8) is 0 Å². The number of carbonyl (C=O) groups excluding carboxylic acids is 3. The van der Waals surface area contributed by atoms with Crippen molar-refractivity contribution in [2.75, 3.05) is 0 Å². The van der Waals surface area contributed by atoms with Gasteiger partial charge in [-0.2, -0.15) is 0 Å². The van der Waals surface area contributed by atoms with Crippen molar-refractivity contribution in [2.45, 2.75) is 60.8 Å². The number of ketones is 3. The number of fused-ring (bicyclic) bond motifs is 1. The molecule has 26 heavy (non-hydrogen) atoms. The summed E-state index contributed by atoms with van der Waals surface area (Å²) in [6.45, 7) is 15.6. The highest BCUT2D eigenvalue weighted by molar-refractivity contribution is 6.32. The first-order chi connectivity index (χ1) is 11.9. The zero-order chi connectivity index (χ0) is 19.8. The summed E-state index contributed by atoms with van der Waals surface area (Å²) in [5, 5.41) is 10.9. The molecule has 5 atom stereocenters. The summed E-state index contributed by atoms with van der Waals surface area (Å²) in [5.74, 6) is -1.76. The highest BCUT2D eigenvalue weighted by Crippen LogP contribution is 2.71. The third-order valence-electron chi connectivity index (χ3n) is 7.73. The Morgan fingerprint density at radius 2 is 1.85 bits per heavy atom. The largest absolute Gasteiger partial charge is 0.510 e. The normalized spacial score (nSPS) is 39.2. The number of carbonyl (C=O) groups is 3. The van der Waals surface area contributed by atoms with Crippen LogP contribution >= 0.6 is 0 Å². The van der Waals surface area contributed by atoms with Crippen molar-refractivity contribution in [1.29, 1.82) is 0 Å². The van der Waals surface area contributed by atoms with Crippen LogP contribution in [0.3, 0.4) is 0 Å². The van der Waals surface area contributed by atoms with Crippen LogP contribution in [-0.2, 0) is 14.4 Å². The van der Waals surface area contributed by atoms with E-state index in [1.807, 2.05) is 13.8 Å². The van der Waals surface area contributed by atoms with Crippen molar-refractivity contribution >= 4 is 17.3 Å². The van der Waals surface area contributed by atoms with Gasteiger partial charge in [0, 0.05) is 5.92 Å². The number of hydrogen-bond acceptors (Lipinski definition) is 4. The zero-order valence-corrected chi connectivity index (χ0v) is 16.7. The van der Waals surface area contributed by atoms with Gasteiger partial charge >= 0.3 is 0 Å². The second-order valence-electron chi connectivity index (χ2n) is 9.54. The quantitative estimate of drug-likeness (QED) is 0.464. The molecule has 2 bridgehead atoms. The first kappa shape index (κ1) is 19.1. The Hall–Kier alpha value is -1.71. The van der Waals surface area contributed by atoms with Gasteiger partial charge < -0.3 is 5.11 Å². The molecule has 0 aromatic heterocycles. The number of aliphatic hydroxyl groups is 1. The van der Waals surface area contributed by atoms with E-state index >= 15 is 0 Å². The molecule has 0 amide bonds. The molecule has 1 N–H and O–H groups in total. The van der Waals surface area contributed by atoms with Crippen LogP contribution in [-0.4, -0.2) is 22.5 Å². The molecule has 142 valence electrons. The van der Waals surface area contributed by atoms with Crippen LogP contribution in [0.15, 0.2) is 23.5 Å². The average molecular weight is 358 g/mol. The molecule has 3 aliphatic carbocycles. The summed E-state index contributed by atoms with van der Waals surface area (Å²) in [5.41, 5.74) is -1.75. The van der Waals surface area contributed by atoms with Crippen LogP contribution in [0.2, 0.25) is 0 Å². The lowest BCUT2D eigenvalue weighted by Gasteiger charge is -2.35. The molecule has 0 saturated heterocycles. The molecular weight excluding hydrogens is 328 g/mol. The maximum atomic E-state index is 13.6. The second-order valence-corrected chi connectivity index (χ2v) is 9.54. The Morgan fingerprint density at radius 1 is 1.27 bits per heavy atom. The van der Waals surface area contributed by atoms with Crippen LogP contribution in [0.25, 0.3) is 0 Å². The van der Waals surface area contributed by atoms with E-state index in [1.165, 1.54) is 0 Å². The molecule has 4 heteroatoms. The van der Waals surface area contributed by atoms with Gasteiger partial charge in [-0.15, -0.1) is 0 Å². The molecule has 0 aliphatic heterocycles. The van der Waals surface area contributed by atoms with Gasteiger partial charge in [-0.05, 0) is 50.4 Å². The molecule has 1 spiro atoms. The second kappa shape index (κ2) is 5.40. The maximum absolute atomic E-state index is 13.6. The van der Waals surface area contributed by atoms with Gasteiger partial charge in [0.15, 0.2) is 17.3 Å². The lowest BCUT2D eigenvalue weighted by Crippen LogP contribution is -2.49. The van der Waals surface area contributed by atoms with Crippen molar-refractivity contribution in [3.05, 3.63) is 23.5 Å². The van der Waals surface area contributed by atoms with Gasteiger partial charge in [0.25, 0.3) is 0 Å². The van der Waals surface area contributed by atoms with E-state index < -0.39 is 16.6 Å². The van der Waals surface area contributed by atoms with Gasteiger partial charge in [-0.3, -0.25) is 14.4 Å². The lowest BCUT2D eigenvalue weighted by atomic mass is 9.64. The summed E-state index contributed by atoms with van der Waals surface area (Å²) in [6.07, 6.45) is 1.40. The molecular formula is C22H30O4. The van der Waals surface area contributed by atoms with Gasteiger partial charge in [0.2, 0.25) is 0 Å². The van der Waals surface area contributed by atoms with Gasteiger partial charge in [-0.25, -0.2) is 0 Å². The number of aliphatic hydroxyl groups excluding tert-OH is 1. The molecule has 0 heterocycles. The standard InChI is InChI=1S/C22H30O4/c1-8-12(4)16(23)15-17(24)21(7)10-14-20(5,6)13(11(2)3)9-22(14,18(15)25)19(21)26/h12-14,24H,2,8-10H2,1,3-7H3/t12-,13+,14-,21-,22+/m0/s1. The highest BCUT2D eigenvalue weighted by atomic mass is 16.3. The molecule has 3 aliphatic rings. The molecule has 3 rings (SSSR count). The van der Waals surface area contributed by atoms with Crippen molar-refractivity contribution in [2.24, 2.45) is 34.0 Å². The summed E-state index contributed by atoms with van der Waals surface area (Å²) in [7, 11) is 0. The van der Waals surface area contributed by atoms with E-state index in [9.17, 15) is 19.5 Å². The first-order valence-corrected chi connectivity index (χ1v) is 9.60. The fraction of sp³-hybridized carbons (Fsp3) is 0.682. The summed E-state index contributed by atoms with van der Waals surface area (Å²) in [6, 6.07) is 0. The molecule has 0 unspecified atom stereocenters. The molecule has 0 aromatic rings. The molecule has 0 aromatic carbocycles. The van der Waals surface area contributed by atoms with Crippen LogP contribution in [0.4, 0.5) is 0 Å². The lowest BCUT2D eigenvalue weighted by molar-refractivity contribution is -0.144. The highest BCUT2D eigenvalue weighted by Gasteiger charge is 2.76.